The van der Waals surface area contributed by atoms with Crippen molar-refractivity contribution < 1.29 is 8.42 Å². The first-order valence-corrected chi connectivity index (χ1v) is 7.32. The van der Waals surface area contributed by atoms with Crippen LogP contribution in [0.1, 0.15) is 0 Å². The Morgan fingerprint density at radius 1 is 1.11 bits per heavy atom. The summed E-state index contributed by atoms with van der Waals surface area (Å²) in [5.74, 6) is 0.167. The zero-order valence-corrected chi connectivity index (χ0v) is 11.8. The van der Waals surface area contributed by atoms with E-state index in [4.69, 9.17) is 28.9 Å². The van der Waals surface area contributed by atoms with Gasteiger partial charge in [-0.05, 0) is 30.3 Å². The Morgan fingerprint density at radius 2 is 1.84 bits per heavy atom. The normalized spacial score (nSPS) is 11.3. The maximum Gasteiger partial charge on any atom is 0.263 e. The highest BCUT2D eigenvalue weighted by Gasteiger charge is 2.16. The second-order valence-corrected chi connectivity index (χ2v) is 6.15. The molecule has 0 saturated heterocycles. The van der Waals surface area contributed by atoms with E-state index in [0.717, 1.165) is 0 Å². The molecule has 8 heteroatoms. The lowest BCUT2D eigenvalue weighted by molar-refractivity contribution is 0.601. The van der Waals surface area contributed by atoms with E-state index in [1.807, 2.05) is 0 Å². The number of nitrogens with two attached hydrogens (primary N) is 1. The summed E-state index contributed by atoms with van der Waals surface area (Å²) in [7, 11) is -3.76. The van der Waals surface area contributed by atoms with Crippen molar-refractivity contribution in [1.29, 1.82) is 0 Å². The molecule has 19 heavy (non-hydrogen) atoms. The number of pyridine rings is 1. The lowest BCUT2D eigenvalue weighted by atomic mass is 10.4. The number of nitrogens with one attached hydrogen (secondary N) is 1. The average Bonchev–Trinajstić information content (AvgIpc) is 2.35. The van der Waals surface area contributed by atoms with Gasteiger partial charge in [0, 0.05) is 0 Å². The Hall–Kier alpha value is -1.50. The zero-order valence-electron chi connectivity index (χ0n) is 9.47. The predicted octanol–water partition coefficient (Wildman–Crippen LogP) is 2.77. The third-order valence-electron chi connectivity index (χ3n) is 2.23. The number of aromatic nitrogens is 1. The van der Waals surface area contributed by atoms with E-state index in [0.29, 0.717) is 5.69 Å². The van der Waals surface area contributed by atoms with E-state index in [-0.39, 0.29) is 20.8 Å². The highest BCUT2D eigenvalue weighted by molar-refractivity contribution is 7.92. The van der Waals surface area contributed by atoms with Gasteiger partial charge in [0.2, 0.25) is 0 Å². The molecule has 0 bridgehead atoms. The van der Waals surface area contributed by atoms with Crippen molar-refractivity contribution in [2.45, 2.75) is 4.90 Å². The van der Waals surface area contributed by atoms with E-state index in [9.17, 15) is 8.42 Å². The third-order valence-corrected chi connectivity index (χ3v) is 4.32. The minimum absolute atomic E-state index is 0.000486. The number of hydrogen-bond donors (Lipinski definition) is 2. The summed E-state index contributed by atoms with van der Waals surface area (Å²) in [4.78, 5) is 3.86. The molecular formula is C11H9Cl2N3O2S. The fourth-order valence-corrected chi connectivity index (χ4v) is 2.70. The summed E-state index contributed by atoms with van der Waals surface area (Å²) < 4.78 is 26.4. The van der Waals surface area contributed by atoms with E-state index in [2.05, 4.69) is 9.71 Å². The summed E-state index contributed by atoms with van der Waals surface area (Å²) in [6.07, 6.45) is 1.35. The van der Waals surface area contributed by atoms with Crippen LogP contribution in [-0.2, 0) is 10.0 Å². The number of halogens is 2. The summed E-state index contributed by atoms with van der Waals surface area (Å²) in [5.41, 5.74) is 5.91. The van der Waals surface area contributed by atoms with Gasteiger partial charge >= 0.3 is 0 Å². The Balaban J connectivity index is 2.32. The number of hydrogen-bond acceptors (Lipinski definition) is 4. The van der Waals surface area contributed by atoms with Gasteiger partial charge in [0.05, 0.1) is 26.8 Å². The fourth-order valence-electron chi connectivity index (χ4n) is 1.31. The van der Waals surface area contributed by atoms with Crippen LogP contribution in [0.5, 0.6) is 0 Å². The summed E-state index contributed by atoms with van der Waals surface area (Å²) in [6.45, 7) is 0. The second kappa shape index (κ2) is 5.24. The molecule has 0 aliphatic carbocycles. The Bertz CT molecular complexity index is 702. The highest BCUT2D eigenvalue weighted by Crippen LogP contribution is 2.25. The van der Waals surface area contributed by atoms with Crippen LogP contribution in [0.3, 0.4) is 0 Å². The molecule has 0 aliphatic rings. The first-order chi connectivity index (χ1) is 8.88. The fraction of sp³-hybridized carbons (Fsp3) is 0. The molecule has 5 nitrogen and oxygen atoms in total. The van der Waals surface area contributed by atoms with Crippen LogP contribution in [0.2, 0.25) is 10.0 Å². The molecule has 0 aliphatic heterocycles. The molecule has 0 atom stereocenters. The monoisotopic (exact) mass is 317 g/mol. The van der Waals surface area contributed by atoms with Crippen molar-refractivity contribution in [3.8, 4) is 0 Å². The van der Waals surface area contributed by atoms with Crippen molar-refractivity contribution in [3.63, 3.8) is 0 Å². The van der Waals surface area contributed by atoms with E-state index >= 15 is 0 Å². The van der Waals surface area contributed by atoms with Gasteiger partial charge in [0.1, 0.15) is 5.82 Å². The lowest BCUT2D eigenvalue weighted by Gasteiger charge is -2.08. The standard InChI is InChI=1S/C11H9Cl2N3O2S/c12-9-3-2-8(5-10(9)13)19(17,18)16-11-4-1-7(14)6-15-11/h1-6H,14H2,(H,15,16). The predicted molar refractivity (Wildman–Crippen MR) is 75.9 cm³/mol. The first-order valence-electron chi connectivity index (χ1n) is 5.08. The van der Waals surface area contributed by atoms with Gasteiger partial charge in [-0.15, -0.1) is 0 Å². The highest BCUT2D eigenvalue weighted by atomic mass is 35.5. The van der Waals surface area contributed by atoms with Crippen molar-refractivity contribution >= 4 is 44.7 Å². The molecule has 2 rings (SSSR count). The topological polar surface area (TPSA) is 85.1 Å². The molecule has 1 aromatic heterocycles. The van der Waals surface area contributed by atoms with Gasteiger partial charge < -0.3 is 5.73 Å². The average molecular weight is 318 g/mol. The van der Waals surface area contributed by atoms with Gasteiger partial charge in [0.25, 0.3) is 10.0 Å². The number of nitrogens with zero attached hydrogens (tertiary/aromatic N) is 1. The summed E-state index contributed by atoms with van der Waals surface area (Å²) in [6, 6.07) is 7.04. The van der Waals surface area contributed by atoms with Crippen LogP contribution in [-0.4, -0.2) is 13.4 Å². The zero-order chi connectivity index (χ0) is 14.0. The third kappa shape index (κ3) is 3.28. The Kier molecular flexibility index (Phi) is 3.84. The van der Waals surface area contributed by atoms with E-state index in [1.54, 1.807) is 6.07 Å². The summed E-state index contributed by atoms with van der Waals surface area (Å²) in [5, 5.41) is 0.445. The van der Waals surface area contributed by atoms with Crippen LogP contribution < -0.4 is 10.5 Å². The van der Waals surface area contributed by atoms with E-state index < -0.39 is 10.0 Å². The Morgan fingerprint density at radius 3 is 2.42 bits per heavy atom. The molecule has 0 radical (unpaired) electrons. The molecule has 2 aromatic rings. The molecule has 0 unspecified atom stereocenters. The van der Waals surface area contributed by atoms with Gasteiger partial charge in [-0.3, -0.25) is 4.72 Å². The number of rotatable bonds is 3. The molecular weight excluding hydrogens is 309 g/mol. The van der Waals surface area contributed by atoms with Gasteiger partial charge in [-0.1, -0.05) is 23.2 Å². The molecule has 0 fully saturated rings. The molecule has 1 heterocycles. The number of sulfonamides is 1. The van der Waals surface area contributed by atoms with Crippen molar-refractivity contribution in [3.05, 3.63) is 46.6 Å². The van der Waals surface area contributed by atoms with Crippen LogP contribution in [0, 0.1) is 0 Å². The number of anilines is 2. The molecule has 1 aromatic carbocycles. The minimum atomic E-state index is -3.76. The number of benzene rings is 1. The van der Waals surface area contributed by atoms with Crippen molar-refractivity contribution in [1.82, 2.24) is 4.98 Å². The first kappa shape index (κ1) is 13.9. The van der Waals surface area contributed by atoms with Crippen molar-refractivity contribution in [2.24, 2.45) is 0 Å². The van der Waals surface area contributed by atoms with Crippen LogP contribution in [0.25, 0.3) is 0 Å². The van der Waals surface area contributed by atoms with Crippen LogP contribution >= 0.6 is 23.2 Å². The largest absolute Gasteiger partial charge is 0.397 e. The quantitative estimate of drug-likeness (QED) is 0.911. The lowest BCUT2D eigenvalue weighted by Crippen LogP contribution is -2.13. The minimum Gasteiger partial charge on any atom is -0.397 e. The van der Waals surface area contributed by atoms with Gasteiger partial charge in [-0.25, -0.2) is 13.4 Å². The van der Waals surface area contributed by atoms with Gasteiger partial charge in [-0.2, -0.15) is 0 Å². The SMILES string of the molecule is Nc1ccc(NS(=O)(=O)c2ccc(Cl)c(Cl)c2)nc1. The van der Waals surface area contributed by atoms with Crippen LogP contribution in [0.4, 0.5) is 11.5 Å². The molecule has 0 amide bonds. The van der Waals surface area contributed by atoms with Gasteiger partial charge in [0.15, 0.2) is 0 Å². The maximum absolute atomic E-state index is 12.1. The molecule has 100 valence electrons. The molecule has 3 N–H and O–H groups in total. The van der Waals surface area contributed by atoms with Crippen LogP contribution in [0.15, 0.2) is 41.4 Å². The smallest absolute Gasteiger partial charge is 0.263 e. The Labute approximate surface area is 120 Å². The maximum atomic E-state index is 12.1. The molecule has 0 saturated carbocycles. The molecule has 0 spiro atoms. The van der Waals surface area contributed by atoms with Crippen molar-refractivity contribution in [2.75, 3.05) is 10.5 Å². The summed E-state index contributed by atoms with van der Waals surface area (Å²) >= 11 is 11.5. The second-order valence-electron chi connectivity index (χ2n) is 3.66. The van der Waals surface area contributed by atoms with E-state index in [1.165, 1.54) is 30.5 Å². The number of nitrogen functional groups attached to an aromatic ring is 1.